The molecular formula is C4H3NO3S. The Morgan fingerprint density at radius 2 is 1.89 bits per heavy atom. The van der Waals surface area contributed by atoms with E-state index in [1.807, 2.05) is 0 Å². The number of rotatable bonds is 1. The van der Waals surface area contributed by atoms with E-state index in [0.717, 1.165) is 0 Å². The summed E-state index contributed by atoms with van der Waals surface area (Å²) in [7, 11) is 0. The Morgan fingerprint density at radius 3 is 2.11 bits per heavy atom. The van der Waals surface area contributed by atoms with Gasteiger partial charge in [-0.15, -0.1) is 0 Å². The maximum absolute atomic E-state index is 10.3. The second-order valence-electron chi connectivity index (χ2n) is 1.49. The topological polar surface area (TPSA) is 66.4 Å². The van der Waals surface area contributed by atoms with Gasteiger partial charge in [0.15, 0.2) is 5.75 Å². The van der Waals surface area contributed by atoms with Crippen molar-refractivity contribution in [1.82, 2.24) is 0 Å². The fraction of sp³-hybridized carbons (Fsp3) is 0. The number of nitrogens with one attached hydrogen (secondary N) is 1. The van der Waals surface area contributed by atoms with Crippen LogP contribution in [0, 0.1) is 0 Å². The monoisotopic (exact) mass is 145 g/mol. The van der Waals surface area contributed by atoms with Gasteiger partial charge in [-0.3, -0.25) is 9.59 Å². The normalized spacial score (nSPS) is 9.89. The molecule has 0 saturated carbocycles. The maximum atomic E-state index is 10.3. The minimum absolute atomic E-state index is 0.122. The van der Waals surface area contributed by atoms with Crippen molar-refractivity contribution in [3.63, 3.8) is 0 Å². The average molecular weight is 145 g/mol. The molecule has 0 unspecified atom stereocenters. The molecule has 0 radical (unpaired) electrons. The minimum Gasteiger partial charge on any atom is -0.502 e. The largest absolute Gasteiger partial charge is 0.502 e. The second-order valence-corrected chi connectivity index (χ2v) is 1.72. The van der Waals surface area contributed by atoms with E-state index in [1.165, 1.54) is 0 Å². The first-order valence-corrected chi connectivity index (χ1v) is 2.55. The summed E-state index contributed by atoms with van der Waals surface area (Å²) in [5.41, 5.74) is -1.70. The third kappa shape index (κ3) is 0.613. The summed E-state index contributed by atoms with van der Waals surface area (Å²) >= 11 is 3.47. The van der Waals surface area contributed by atoms with Crippen LogP contribution in [-0.2, 0) is 0 Å². The zero-order valence-electron chi connectivity index (χ0n) is 4.21. The Labute approximate surface area is 55.4 Å². The lowest BCUT2D eigenvalue weighted by Gasteiger charge is -2.00. The van der Waals surface area contributed by atoms with Crippen LogP contribution in [0.3, 0.4) is 0 Å². The first-order chi connectivity index (χ1) is 4.18. The molecule has 0 saturated heterocycles. The number of aromatic hydroxyl groups is 1. The molecule has 1 rings (SSSR count). The fourth-order valence-corrected chi connectivity index (χ4v) is 0.691. The SMILES string of the molecule is O=c1c(O)c(NS)c1=O. The maximum Gasteiger partial charge on any atom is 0.271 e. The highest BCUT2D eigenvalue weighted by Crippen LogP contribution is 2.14. The van der Waals surface area contributed by atoms with Crippen LogP contribution in [0.4, 0.5) is 5.69 Å². The van der Waals surface area contributed by atoms with Crippen LogP contribution in [0.2, 0.25) is 0 Å². The van der Waals surface area contributed by atoms with E-state index in [2.05, 4.69) is 17.5 Å². The zero-order chi connectivity index (χ0) is 7.02. The molecule has 0 aliphatic heterocycles. The van der Waals surface area contributed by atoms with Gasteiger partial charge in [0.25, 0.3) is 10.9 Å². The smallest absolute Gasteiger partial charge is 0.271 e. The number of thiol groups is 1. The third-order valence-corrected chi connectivity index (χ3v) is 1.22. The van der Waals surface area contributed by atoms with Crippen molar-refractivity contribution in [3.05, 3.63) is 20.4 Å². The summed E-state index contributed by atoms with van der Waals surface area (Å²) in [5, 5.41) is 8.54. The van der Waals surface area contributed by atoms with E-state index in [4.69, 9.17) is 5.11 Å². The van der Waals surface area contributed by atoms with Crippen LogP contribution in [0.5, 0.6) is 5.75 Å². The molecule has 9 heavy (non-hydrogen) atoms. The van der Waals surface area contributed by atoms with Crippen molar-refractivity contribution in [2.75, 3.05) is 4.72 Å². The molecule has 0 atom stereocenters. The van der Waals surface area contributed by atoms with E-state index in [9.17, 15) is 9.59 Å². The van der Waals surface area contributed by atoms with Gasteiger partial charge in [-0.1, -0.05) is 12.8 Å². The summed E-state index contributed by atoms with van der Waals surface area (Å²) in [6, 6.07) is 0. The lowest BCUT2D eigenvalue weighted by Crippen LogP contribution is -2.31. The lowest BCUT2D eigenvalue weighted by atomic mass is 10.2. The van der Waals surface area contributed by atoms with E-state index >= 15 is 0 Å². The standard InChI is InChI=1S/C4H3NO3S/c6-2-1(5-9)3(7)4(2)8/h5-6,9H. The van der Waals surface area contributed by atoms with Gasteiger partial charge >= 0.3 is 0 Å². The van der Waals surface area contributed by atoms with E-state index < -0.39 is 16.6 Å². The molecule has 0 spiro atoms. The Morgan fingerprint density at radius 1 is 1.33 bits per heavy atom. The quantitative estimate of drug-likeness (QED) is 0.359. The van der Waals surface area contributed by atoms with Gasteiger partial charge in [0.1, 0.15) is 5.69 Å². The van der Waals surface area contributed by atoms with Gasteiger partial charge in [0.05, 0.1) is 0 Å². The summed E-state index contributed by atoms with van der Waals surface area (Å²) in [5.74, 6) is -0.532. The van der Waals surface area contributed by atoms with E-state index in [1.54, 1.807) is 0 Å². The molecule has 0 amide bonds. The predicted octanol–water partition coefficient (Wildman–Crippen LogP) is -0.755. The summed E-state index contributed by atoms with van der Waals surface area (Å²) in [6.45, 7) is 0. The van der Waals surface area contributed by atoms with Crippen molar-refractivity contribution >= 4 is 18.5 Å². The average Bonchev–Trinajstić information content (AvgIpc) is 1.89. The predicted molar refractivity (Wildman–Crippen MR) is 35.6 cm³/mol. The van der Waals surface area contributed by atoms with Crippen LogP contribution in [0.25, 0.3) is 0 Å². The molecule has 0 aliphatic rings. The molecule has 1 aromatic carbocycles. The molecule has 0 fully saturated rings. The Balaban J connectivity index is 3.25. The molecule has 4 nitrogen and oxygen atoms in total. The minimum atomic E-state index is -0.855. The van der Waals surface area contributed by atoms with Gasteiger partial charge in [0.2, 0.25) is 0 Å². The Hall–Kier alpha value is -0.970. The molecule has 0 aromatic heterocycles. The van der Waals surface area contributed by atoms with Crippen molar-refractivity contribution in [2.24, 2.45) is 0 Å². The lowest BCUT2D eigenvalue weighted by molar-refractivity contribution is 0.466. The molecule has 1 aromatic rings. The van der Waals surface area contributed by atoms with Crippen molar-refractivity contribution in [3.8, 4) is 5.75 Å². The Kier molecular flexibility index (Phi) is 1.21. The van der Waals surface area contributed by atoms with Gasteiger partial charge < -0.3 is 9.83 Å². The molecule has 48 valence electrons. The second kappa shape index (κ2) is 1.77. The van der Waals surface area contributed by atoms with Crippen molar-refractivity contribution in [2.45, 2.75) is 0 Å². The first kappa shape index (κ1) is 6.15. The summed E-state index contributed by atoms with van der Waals surface area (Å²) in [4.78, 5) is 20.5. The molecule has 0 bridgehead atoms. The van der Waals surface area contributed by atoms with Gasteiger partial charge in [-0.25, -0.2) is 0 Å². The van der Waals surface area contributed by atoms with Crippen LogP contribution in [0.15, 0.2) is 9.59 Å². The van der Waals surface area contributed by atoms with Gasteiger partial charge in [0, 0.05) is 0 Å². The molecule has 0 heterocycles. The molecular weight excluding hydrogens is 142 g/mol. The van der Waals surface area contributed by atoms with E-state index in [-0.39, 0.29) is 5.69 Å². The highest BCUT2D eigenvalue weighted by molar-refractivity contribution is 7.81. The number of hydrogen-bond donors (Lipinski definition) is 3. The van der Waals surface area contributed by atoms with Crippen LogP contribution in [-0.4, -0.2) is 5.11 Å². The first-order valence-electron chi connectivity index (χ1n) is 2.11. The van der Waals surface area contributed by atoms with Crippen LogP contribution >= 0.6 is 12.8 Å². The van der Waals surface area contributed by atoms with Crippen molar-refractivity contribution in [1.29, 1.82) is 0 Å². The van der Waals surface area contributed by atoms with Gasteiger partial charge in [-0.05, 0) is 0 Å². The van der Waals surface area contributed by atoms with Crippen LogP contribution in [0.1, 0.15) is 0 Å². The van der Waals surface area contributed by atoms with Gasteiger partial charge in [-0.2, -0.15) is 0 Å². The fourth-order valence-electron chi connectivity index (χ4n) is 0.483. The zero-order valence-corrected chi connectivity index (χ0v) is 5.11. The van der Waals surface area contributed by atoms with Crippen molar-refractivity contribution < 1.29 is 5.11 Å². The summed E-state index contributed by atoms with van der Waals surface area (Å²) < 4.78 is 2.09. The van der Waals surface area contributed by atoms with E-state index in [0.29, 0.717) is 0 Å². The highest BCUT2D eigenvalue weighted by Gasteiger charge is 2.17. The van der Waals surface area contributed by atoms with Crippen LogP contribution < -0.4 is 15.6 Å². The molecule has 0 aliphatic carbocycles. The Bertz CT molecular complexity index is 298. The number of hydrogen-bond acceptors (Lipinski definition) is 5. The molecule has 2 N–H and O–H groups in total. The summed E-state index contributed by atoms with van der Waals surface area (Å²) in [6.07, 6.45) is 0. The highest BCUT2D eigenvalue weighted by atomic mass is 32.1. The molecule has 5 heteroatoms. The third-order valence-electron chi connectivity index (χ3n) is 0.997. The number of anilines is 1.